The topological polar surface area (TPSA) is 193 Å². The van der Waals surface area contributed by atoms with Crippen LogP contribution >= 0.6 is 0 Å². The van der Waals surface area contributed by atoms with Gasteiger partial charge in [-0.3, -0.25) is 33.6 Å². The molecule has 66 heavy (non-hydrogen) atoms. The molecule has 18 nitrogen and oxygen atoms in total. The standard InChI is InChI=1S/C46H48F2N12O6/c1-55-34-19-26(4-9-32(34)60(45(55)65)33-10-11-36(61)51-43(33)63)3-2-15-56-24-46(25-56)13-17-57(18-14-46)44(64)28-7-5-27(6-8-28)39-52-37(38(47)48)40(53-39)54-42(62)31-21-49-59-16-12-35(50-41(31)59)58-22-30-20-29(58)23-66-30/h4-9,12,16,19,21,29-30,33,38-39H,2-3,10-11,13-15,17-18,20,22-25H2,1H3,(H,51,61,63)(H,53,54,62)/t29-,30-,33?,39-/m1/s1. The number of hydrogen-bond acceptors (Lipinski definition) is 12. The van der Waals surface area contributed by atoms with Gasteiger partial charge in [0.05, 0.1) is 36.0 Å². The van der Waals surface area contributed by atoms with Crippen LogP contribution in [0.3, 0.4) is 0 Å². The highest BCUT2D eigenvalue weighted by Gasteiger charge is 2.45. The Bertz CT molecular complexity index is 2930. The minimum Gasteiger partial charge on any atom is -0.374 e. The van der Waals surface area contributed by atoms with Crippen LogP contribution in [-0.4, -0.2) is 133 Å². The number of alkyl halides is 2. The number of aliphatic imine (C=N–C) groups is 2. The molecule has 1 unspecified atom stereocenters. The van der Waals surface area contributed by atoms with Gasteiger partial charge in [0.2, 0.25) is 11.8 Å². The highest BCUT2D eigenvalue weighted by Crippen LogP contribution is 2.41. The molecule has 2 N–H and O–H groups in total. The maximum atomic E-state index is 14.3. The largest absolute Gasteiger partial charge is 0.374 e. The van der Waals surface area contributed by atoms with E-state index in [1.165, 1.54) is 15.3 Å². The predicted molar refractivity (Wildman–Crippen MR) is 237 cm³/mol. The maximum Gasteiger partial charge on any atom is 0.329 e. The zero-order valence-corrected chi connectivity index (χ0v) is 36.2. The molecule has 6 aliphatic heterocycles. The first-order valence-electron chi connectivity index (χ1n) is 22.5. The minimum atomic E-state index is -2.99. The van der Waals surface area contributed by atoms with E-state index in [4.69, 9.17) is 9.72 Å². The average Bonchev–Trinajstić information content (AvgIpc) is 4.16. The molecule has 9 heterocycles. The lowest BCUT2D eigenvalue weighted by molar-refractivity contribution is -0.135. The van der Waals surface area contributed by atoms with Crippen molar-refractivity contribution >= 4 is 57.7 Å². The molecule has 11 rings (SSSR count). The van der Waals surface area contributed by atoms with Gasteiger partial charge < -0.3 is 24.8 Å². The van der Waals surface area contributed by atoms with Crippen LogP contribution in [-0.2, 0) is 27.8 Å². The molecule has 2 aromatic carbocycles. The van der Waals surface area contributed by atoms with Gasteiger partial charge in [-0.15, -0.1) is 0 Å². The minimum absolute atomic E-state index is 0.0927. The number of amidine groups is 1. The molecule has 0 aliphatic carbocycles. The van der Waals surface area contributed by atoms with Crippen LogP contribution in [0, 0.1) is 5.41 Å². The smallest absolute Gasteiger partial charge is 0.329 e. The van der Waals surface area contributed by atoms with Crippen LogP contribution in [0.5, 0.6) is 0 Å². The van der Waals surface area contributed by atoms with Crippen molar-refractivity contribution in [1.29, 1.82) is 0 Å². The molecule has 5 aromatic rings. The van der Waals surface area contributed by atoms with E-state index in [0.717, 1.165) is 62.8 Å². The fourth-order valence-electron chi connectivity index (χ4n) is 10.7. The highest BCUT2D eigenvalue weighted by molar-refractivity contribution is 6.46. The Balaban J connectivity index is 0.665. The van der Waals surface area contributed by atoms with E-state index in [0.29, 0.717) is 55.1 Å². The summed E-state index contributed by atoms with van der Waals surface area (Å²) in [5.41, 5.74) is 3.20. The second kappa shape index (κ2) is 16.3. The molecule has 342 valence electrons. The van der Waals surface area contributed by atoms with Crippen LogP contribution in [0.1, 0.15) is 82.6 Å². The zero-order valence-electron chi connectivity index (χ0n) is 36.2. The molecule has 4 amide bonds. The van der Waals surface area contributed by atoms with Gasteiger partial charge >= 0.3 is 5.69 Å². The number of aryl methyl sites for hydroxylation is 2. The first kappa shape index (κ1) is 42.0. The Kier molecular flexibility index (Phi) is 10.4. The number of anilines is 1. The molecule has 20 heteroatoms. The molecule has 6 aliphatic rings. The number of ether oxygens (including phenoxy) is 1. The first-order valence-corrected chi connectivity index (χ1v) is 22.5. The van der Waals surface area contributed by atoms with Gasteiger partial charge in [0.1, 0.15) is 23.1 Å². The molecule has 5 saturated heterocycles. The molecular weight excluding hydrogens is 855 g/mol. The maximum absolute atomic E-state index is 14.3. The molecule has 3 aromatic heterocycles. The summed E-state index contributed by atoms with van der Waals surface area (Å²) in [5, 5.41) is 9.12. The number of hydrogen-bond donors (Lipinski definition) is 2. The third-order valence-electron chi connectivity index (χ3n) is 14.3. The Labute approximate surface area is 376 Å². The van der Waals surface area contributed by atoms with Crippen molar-refractivity contribution in [2.45, 2.75) is 75.7 Å². The van der Waals surface area contributed by atoms with E-state index in [1.807, 2.05) is 29.2 Å². The summed E-state index contributed by atoms with van der Waals surface area (Å²) in [6.45, 7) is 5.49. The van der Waals surface area contributed by atoms with E-state index in [1.54, 1.807) is 42.1 Å². The van der Waals surface area contributed by atoms with Crippen molar-refractivity contribution in [1.82, 2.24) is 44.2 Å². The second-order valence-corrected chi connectivity index (χ2v) is 18.5. The number of morpholine rings is 1. The van der Waals surface area contributed by atoms with Crippen LogP contribution < -0.4 is 21.2 Å². The number of likely N-dealkylation sites (tertiary alicyclic amines) is 2. The van der Waals surface area contributed by atoms with Crippen LogP contribution in [0.4, 0.5) is 14.6 Å². The molecule has 4 atom stereocenters. The summed E-state index contributed by atoms with van der Waals surface area (Å²) >= 11 is 0. The van der Waals surface area contributed by atoms with Gasteiger partial charge in [-0.25, -0.2) is 33.1 Å². The summed E-state index contributed by atoms with van der Waals surface area (Å²) in [4.78, 5) is 84.2. The van der Waals surface area contributed by atoms with Crippen molar-refractivity contribution < 1.29 is 32.7 Å². The van der Waals surface area contributed by atoms with E-state index in [-0.39, 0.29) is 58.5 Å². The lowest BCUT2D eigenvalue weighted by atomic mass is 9.72. The summed E-state index contributed by atoms with van der Waals surface area (Å²) in [6, 6.07) is 13.9. The Morgan fingerprint density at radius 3 is 2.55 bits per heavy atom. The third-order valence-corrected chi connectivity index (χ3v) is 14.3. The first-order chi connectivity index (χ1) is 31.9. The van der Waals surface area contributed by atoms with Gasteiger partial charge in [0.15, 0.2) is 17.6 Å². The number of carbonyl (C=O) groups excluding carboxylic acids is 4. The highest BCUT2D eigenvalue weighted by atomic mass is 19.3. The number of nitrogens with one attached hydrogen (secondary N) is 2. The fraction of sp³-hybridized carbons (Fsp3) is 0.457. The molecule has 0 saturated carbocycles. The normalized spacial score (nSPS) is 23.8. The Morgan fingerprint density at radius 2 is 1.82 bits per heavy atom. The van der Waals surface area contributed by atoms with Gasteiger partial charge in [-0.05, 0) is 91.9 Å². The number of benzene rings is 2. The van der Waals surface area contributed by atoms with E-state index in [2.05, 4.69) is 35.5 Å². The number of halogens is 2. The molecular formula is C46H48F2N12O6. The SMILES string of the molecule is Cn1c(=O)n(C2CCC(=O)NC2=O)c2ccc(CCCN3CC4(CCN(C(=O)c5ccc([C@H]6N=C(NC(=O)c7cnn8ccc(N9C[C@H]%10C[C@@H]9CO%10)nc78)C(C(F)F)=N6)cc5)CC4)C3)cc21. The van der Waals surface area contributed by atoms with E-state index in [9.17, 15) is 32.8 Å². The van der Waals surface area contributed by atoms with Crippen molar-refractivity contribution in [3.05, 3.63) is 93.7 Å². The van der Waals surface area contributed by atoms with Gasteiger partial charge in [0.25, 0.3) is 18.2 Å². The van der Waals surface area contributed by atoms with Crippen molar-refractivity contribution in [3.63, 3.8) is 0 Å². The van der Waals surface area contributed by atoms with Gasteiger partial charge in [-0.2, -0.15) is 5.10 Å². The summed E-state index contributed by atoms with van der Waals surface area (Å²) in [7, 11) is 1.70. The number of imide groups is 1. The van der Waals surface area contributed by atoms with Crippen molar-refractivity contribution in [2.75, 3.05) is 50.8 Å². The lowest BCUT2D eigenvalue weighted by Crippen LogP contribution is -2.60. The number of aromatic nitrogens is 5. The number of nitrogens with zero attached hydrogens (tertiary/aromatic N) is 10. The molecule has 0 radical (unpaired) electrons. The Morgan fingerprint density at radius 1 is 1.02 bits per heavy atom. The Hall–Kier alpha value is -6.67. The number of amides is 4. The van der Waals surface area contributed by atoms with E-state index < -0.39 is 36.2 Å². The summed E-state index contributed by atoms with van der Waals surface area (Å²) < 4.78 is 38.8. The van der Waals surface area contributed by atoms with E-state index >= 15 is 0 Å². The van der Waals surface area contributed by atoms with Crippen LogP contribution in [0.15, 0.2) is 75.7 Å². The number of fused-ring (bicyclic) bond motifs is 4. The van der Waals surface area contributed by atoms with Crippen LogP contribution in [0.2, 0.25) is 0 Å². The molecule has 2 bridgehead atoms. The summed E-state index contributed by atoms with van der Waals surface area (Å²) in [6.07, 6.45) is 4.20. The monoisotopic (exact) mass is 902 g/mol. The number of rotatable bonds is 10. The van der Waals surface area contributed by atoms with Gasteiger partial charge in [0, 0.05) is 58.0 Å². The lowest BCUT2D eigenvalue weighted by Gasteiger charge is -2.54. The summed E-state index contributed by atoms with van der Waals surface area (Å²) in [5.74, 6) is -1.18. The predicted octanol–water partition coefficient (Wildman–Crippen LogP) is 3.06. The molecule has 1 spiro atoms. The van der Waals surface area contributed by atoms with Crippen LogP contribution in [0.25, 0.3) is 16.7 Å². The number of piperidine rings is 2. The van der Waals surface area contributed by atoms with Crippen molar-refractivity contribution in [2.24, 2.45) is 22.4 Å². The molecule has 5 fully saturated rings. The zero-order chi connectivity index (χ0) is 45.4. The van der Waals surface area contributed by atoms with Gasteiger partial charge in [-0.1, -0.05) is 18.2 Å². The third kappa shape index (κ3) is 7.44. The van der Waals surface area contributed by atoms with Crippen molar-refractivity contribution in [3.8, 4) is 0 Å². The average molecular weight is 903 g/mol. The quantitative estimate of drug-likeness (QED) is 0.197. The number of carbonyl (C=O) groups is 4. The fourth-order valence-corrected chi connectivity index (χ4v) is 10.7. The number of imidazole rings is 1. The second-order valence-electron chi connectivity index (χ2n) is 18.5.